The Kier molecular flexibility index (Phi) is 5.10. The average Bonchev–Trinajstić information content (AvgIpc) is 2.99. The number of amides is 1. The van der Waals surface area contributed by atoms with E-state index in [-0.39, 0.29) is 11.8 Å². The Labute approximate surface area is 145 Å². The van der Waals surface area contributed by atoms with Gasteiger partial charge in [-0.05, 0) is 18.6 Å². The molecule has 7 heteroatoms. The SMILES string of the molecule is CN=C(NCc1scnc1C)NCC1CC(=O)Nc2ccccc21. The highest BCUT2D eigenvalue weighted by molar-refractivity contribution is 7.09. The van der Waals surface area contributed by atoms with Gasteiger partial charge in [0.05, 0.1) is 17.7 Å². The first kappa shape index (κ1) is 16.4. The van der Waals surface area contributed by atoms with Gasteiger partial charge in [-0.3, -0.25) is 9.79 Å². The molecule has 0 aliphatic carbocycles. The second kappa shape index (κ2) is 7.44. The van der Waals surface area contributed by atoms with Crippen LogP contribution in [0.25, 0.3) is 0 Å². The minimum absolute atomic E-state index is 0.0590. The molecule has 6 nitrogen and oxygen atoms in total. The number of carbonyl (C=O) groups excluding carboxylic acids is 1. The first-order valence-electron chi connectivity index (χ1n) is 7.89. The Bertz CT molecular complexity index is 755. The van der Waals surface area contributed by atoms with Gasteiger partial charge in [0.2, 0.25) is 5.91 Å². The number of hydrogen-bond acceptors (Lipinski definition) is 4. The fourth-order valence-corrected chi connectivity index (χ4v) is 3.50. The van der Waals surface area contributed by atoms with Crippen LogP contribution in [0.1, 0.15) is 28.5 Å². The largest absolute Gasteiger partial charge is 0.356 e. The fraction of sp³-hybridized carbons (Fsp3) is 0.353. The number of carbonyl (C=O) groups is 1. The number of aromatic nitrogens is 1. The maximum absolute atomic E-state index is 11.9. The van der Waals surface area contributed by atoms with Crippen molar-refractivity contribution in [2.45, 2.75) is 25.8 Å². The zero-order chi connectivity index (χ0) is 16.9. The summed E-state index contributed by atoms with van der Waals surface area (Å²) in [4.78, 5) is 21.6. The fourth-order valence-electron chi connectivity index (χ4n) is 2.78. The molecule has 126 valence electrons. The van der Waals surface area contributed by atoms with E-state index in [0.29, 0.717) is 19.5 Å². The van der Waals surface area contributed by atoms with Crippen molar-refractivity contribution in [2.24, 2.45) is 4.99 Å². The summed E-state index contributed by atoms with van der Waals surface area (Å²) in [6.45, 7) is 3.35. The Morgan fingerprint density at radius 2 is 2.25 bits per heavy atom. The number of nitrogens with zero attached hydrogens (tertiary/aromatic N) is 2. The Balaban J connectivity index is 1.60. The monoisotopic (exact) mass is 343 g/mol. The number of para-hydroxylation sites is 1. The van der Waals surface area contributed by atoms with Gasteiger partial charge in [0, 0.05) is 36.5 Å². The smallest absolute Gasteiger partial charge is 0.225 e. The standard InChI is InChI=1S/C17H21N5OS/c1-11-15(24-10-21-11)9-20-17(18-2)19-8-12-7-16(23)22-14-6-4-3-5-13(12)14/h3-6,10,12H,7-9H2,1-2H3,(H,22,23)(H2,18,19,20). The molecule has 1 aliphatic heterocycles. The van der Waals surface area contributed by atoms with E-state index in [1.54, 1.807) is 18.4 Å². The van der Waals surface area contributed by atoms with E-state index in [1.807, 2.05) is 30.6 Å². The predicted octanol–water partition coefficient (Wildman–Crippen LogP) is 2.24. The second-order valence-corrected chi connectivity index (χ2v) is 6.64. The summed E-state index contributed by atoms with van der Waals surface area (Å²) in [6.07, 6.45) is 0.481. The maximum Gasteiger partial charge on any atom is 0.225 e. The van der Waals surface area contributed by atoms with E-state index in [1.165, 1.54) is 10.4 Å². The lowest BCUT2D eigenvalue weighted by Crippen LogP contribution is -2.40. The van der Waals surface area contributed by atoms with Gasteiger partial charge >= 0.3 is 0 Å². The molecule has 0 radical (unpaired) electrons. The number of thiazole rings is 1. The first-order valence-corrected chi connectivity index (χ1v) is 8.77. The molecule has 1 unspecified atom stereocenters. The molecule has 1 aliphatic rings. The van der Waals surface area contributed by atoms with Crippen LogP contribution in [-0.4, -0.2) is 30.4 Å². The molecule has 1 atom stereocenters. The van der Waals surface area contributed by atoms with Crippen LogP contribution >= 0.6 is 11.3 Å². The van der Waals surface area contributed by atoms with Crippen LogP contribution in [0.3, 0.4) is 0 Å². The molecule has 24 heavy (non-hydrogen) atoms. The molecule has 1 aromatic carbocycles. The molecule has 2 heterocycles. The molecule has 3 rings (SSSR count). The van der Waals surface area contributed by atoms with E-state index in [0.717, 1.165) is 17.3 Å². The molecule has 2 aromatic rings. The summed E-state index contributed by atoms with van der Waals surface area (Å²) in [6, 6.07) is 7.95. The number of benzene rings is 1. The minimum Gasteiger partial charge on any atom is -0.356 e. The van der Waals surface area contributed by atoms with Gasteiger partial charge in [0.15, 0.2) is 5.96 Å². The number of guanidine groups is 1. The Hall–Kier alpha value is -2.41. The van der Waals surface area contributed by atoms with Crippen LogP contribution in [0.5, 0.6) is 0 Å². The normalized spacial score (nSPS) is 17.2. The van der Waals surface area contributed by atoms with Gasteiger partial charge in [0.1, 0.15) is 0 Å². The number of aryl methyl sites for hydroxylation is 1. The Morgan fingerprint density at radius 1 is 1.42 bits per heavy atom. The minimum atomic E-state index is 0.0590. The summed E-state index contributed by atoms with van der Waals surface area (Å²) in [5.41, 5.74) is 4.96. The molecule has 0 bridgehead atoms. The molecular formula is C17H21N5OS. The van der Waals surface area contributed by atoms with Crippen LogP contribution in [-0.2, 0) is 11.3 Å². The quantitative estimate of drug-likeness (QED) is 0.588. The van der Waals surface area contributed by atoms with Crippen molar-refractivity contribution in [3.05, 3.63) is 45.9 Å². The van der Waals surface area contributed by atoms with Gasteiger partial charge in [-0.25, -0.2) is 4.98 Å². The zero-order valence-electron chi connectivity index (χ0n) is 13.8. The van der Waals surface area contributed by atoms with E-state index < -0.39 is 0 Å². The van der Waals surface area contributed by atoms with Crippen LogP contribution < -0.4 is 16.0 Å². The molecule has 0 saturated heterocycles. The topological polar surface area (TPSA) is 78.4 Å². The lowest BCUT2D eigenvalue weighted by atomic mass is 9.90. The highest BCUT2D eigenvalue weighted by atomic mass is 32.1. The van der Waals surface area contributed by atoms with Crippen molar-refractivity contribution in [1.29, 1.82) is 0 Å². The second-order valence-electron chi connectivity index (χ2n) is 5.70. The van der Waals surface area contributed by atoms with Gasteiger partial charge < -0.3 is 16.0 Å². The van der Waals surface area contributed by atoms with Crippen LogP contribution in [0, 0.1) is 6.92 Å². The van der Waals surface area contributed by atoms with Crippen LogP contribution in [0.4, 0.5) is 5.69 Å². The summed E-state index contributed by atoms with van der Waals surface area (Å²) >= 11 is 1.63. The van der Waals surface area contributed by atoms with E-state index >= 15 is 0 Å². The highest BCUT2D eigenvalue weighted by Gasteiger charge is 2.24. The van der Waals surface area contributed by atoms with Gasteiger partial charge in [-0.15, -0.1) is 11.3 Å². The van der Waals surface area contributed by atoms with Crippen molar-refractivity contribution in [3.63, 3.8) is 0 Å². The number of fused-ring (bicyclic) bond motifs is 1. The lowest BCUT2D eigenvalue weighted by Gasteiger charge is -2.26. The third-order valence-corrected chi connectivity index (χ3v) is 5.04. The molecule has 1 amide bonds. The molecule has 0 spiro atoms. The van der Waals surface area contributed by atoms with Crippen molar-refractivity contribution >= 4 is 28.9 Å². The summed E-state index contributed by atoms with van der Waals surface area (Å²) in [7, 11) is 1.75. The number of anilines is 1. The van der Waals surface area contributed by atoms with Crippen molar-refractivity contribution in [2.75, 3.05) is 18.9 Å². The molecule has 0 saturated carbocycles. The van der Waals surface area contributed by atoms with Crippen molar-refractivity contribution < 1.29 is 4.79 Å². The van der Waals surface area contributed by atoms with Gasteiger partial charge in [-0.1, -0.05) is 18.2 Å². The number of aliphatic imine (C=N–C) groups is 1. The van der Waals surface area contributed by atoms with E-state index in [2.05, 4.69) is 32.0 Å². The van der Waals surface area contributed by atoms with Crippen LogP contribution in [0.15, 0.2) is 34.8 Å². The van der Waals surface area contributed by atoms with Gasteiger partial charge in [-0.2, -0.15) is 0 Å². The van der Waals surface area contributed by atoms with E-state index in [9.17, 15) is 4.79 Å². The highest BCUT2D eigenvalue weighted by Crippen LogP contribution is 2.31. The van der Waals surface area contributed by atoms with Gasteiger partial charge in [0.25, 0.3) is 0 Å². The predicted molar refractivity (Wildman–Crippen MR) is 97.5 cm³/mol. The van der Waals surface area contributed by atoms with E-state index in [4.69, 9.17) is 0 Å². The summed E-state index contributed by atoms with van der Waals surface area (Å²) < 4.78 is 0. The van der Waals surface area contributed by atoms with Crippen molar-refractivity contribution in [3.8, 4) is 0 Å². The zero-order valence-corrected chi connectivity index (χ0v) is 14.6. The summed E-state index contributed by atoms with van der Waals surface area (Å²) in [5.74, 6) is 0.925. The number of nitrogens with one attached hydrogen (secondary N) is 3. The summed E-state index contributed by atoms with van der Waals surface area (Å²) in [5, 5.41) is 9.55. The average molecular weight is 343 g/mol. The third-order valence-electron chi connectivity index (χ3n) is 4.11. The van der Waals surface area contributed by atoms with Crippen LogP contribution in [0.2, 0.25) is 0 Å². The number of rotatable bonds is 4. The molecule has 0 fully saturated rings. The first-order chi connectivity index (χ1) is 11.7. The van der Waals surface area contributed by atoms with Crippen molar-refractivity contribution in [1.82, 2.24) is 15.6 Å². The third kappa shape index (κ3) is 3.73. The molecule has 1 aromatic heterocycles. The maximum atomic E-state index is 11.9. The molecule has 3 N–H and O–H groups in total. The lowest BCUT2D eigenvalue weighted by molar-refractivity contribution is -0.116. The number of hydrogen-bond donors (Lipinski definition) is 3. The molecular weight excluding hydrogens is 322 g/mol. The Morgan fingerprint density at radius 3 is 3.00 bits per heavy atom.